The number of aromatic nitrogens is 3. The first-order valence-electron chi connectivity index (χ1n) is 18.9. The molecule has 0 saturated heterocycles. The highest BCUT2D eigenvalue weighted by molar-refractivity contribution is 6.31. The monoisotopic (exact) mass is 813 g/mol. The molecular formula is C46H41Cl2N5O5. The SMILES string of the molecule is O=C(N[C@H]1CCC[C@@](O)(C#Cc2cccc(Cl)c2)C1)c1cnccn1.O=C(c1ccccc1)c1cccnc1C(=O)N[C@H]1CCC[C@@](O)(C#Cc2cccc(Cl)c2)C1. The highest BCUT2D eigenvalue weighted by Gasteiger charge is 2.35. The van der Waals surface area contributed by atoms with Crippen molar-refractivity contribution in [1.82, 2.24) is 25.6 Å². The molecule has 4 N–H and O–H groups in total. The Morgan fingerprint density at radius 3 is 1.81 bits per heavy atom. The van der Waals surface area contributed by atoms with Crippen molar-refractivity contribution in [2.75, 3.05) is 0 Å². The number of rotatable bonds is 6. The third-order valence-corrected chi connectivity index (χ3v) is 10.2. The van der Waals surface area contributed by atoms with Crippen molar-refractivity contribution >= 4 is 40.8 Å². The van der Waals surface area contributed by atoms with Crippen LogP contribution in [0.25, 0.3) is 0 Å². The topological polar surface area (TPSA) is 154 Å². The Hall–Kier alpha value is -5.88. The third kappa shape index (κ3) is 11.8. The fourth-order valence-electron chi connectivity index (χ4n) is 6.93. The van der Waals surface area contributed by atoms with E-state index in [2.05, 4.69) is 49.3 Å². The van der Waals surface area contributed by atoms with Crippen LogP contribution >= 0.6 is 23.2 Å². The minimum absolute atomic E-state index is 0.0745. The van der Waals surface area contributed by atoms with Crippen molar-refractivity contribution in [1.29, 1.82) is 0 Å². The Bertz CT molecular complexity index is 2380. The van der Waals surface area contributed by atoms with Crippen LogP contribution in [0.4, 0.5) is 0 Å². The molecule has 2 aliphatic carbocycles. The second kappa shape index (κ2) is 19.5. The van der Waals surface area contributed by atoms with Gasteiger partial charge < -0.3 is 20.8 Å². The largest absolute Gasteiger partial charge is 0.378 e. The minimum Gasteiger partial charge on any atom is -0.378 e. The second-order valence-corrected chi connectivity index (χ2v) is 15.2. The zero-order chi connectivity index (χ0) is 41.0. The first kappa shape index (κ1) is 41.7. The molecule has 2 fully saturated rings. The number of aliphatic hydroxyl groups is 2. The normalized spacial score (nSPS) is 21.0. The van der Waals surface area contributed by atoms with Crippen molar-refractivity contribution in [3.63, 3.8) is 0 Å². The molecule has 12 heteroatoms. The van der Waals surface area contributed by atoms with Crippen LogP contribution in [0.15, 0.2) is 116 Å². The van der Waals surface area contributed by atoms with Crippen LogP contribution in [0, 0.1) is 23.7 Å². The number of nitrogens with zero attached hydrogens (tertiary/aromatic N) is 3. The Morgan fingerprint density at radius 2 is 1.26 bits per heavy atom. The number of amides is 2. The molecule has 0 aliphatic heterocycles. The number of benzene rings is 3. The van der Waals surface area contributed by atoms with Gasteiger partial charge in [-0.3, -0.25) is 24.4 Å². The molecule has 7 rings (SSSR count). The van der Waals surface area contributed by atoms with Crippen molar-refractivity contribution in [2.24, 2.45) is 0 Å². The standard InChI is InChI=1S/C27H23ClN2O3.C19H18ClN3O2/c28-21-10-4-7-19(17-21)13-15-27(33)14-5-11-22(18-27)30-26(32)24-23(12-6-16-29-24)25(31)20-8-2-1-3-9-20;20-15-4-1-3-14(11-15)6-8-19(25)7-2-5-16(12-19)23-18(24)17-13-21-9-10-22-17/h1-4,6-10,12,16-17,22,33H,5,11,14,18H2,(H,30,32);1,3-4,9-11,13,16,25H,2,5,7,12H2,(H,23,24)/t22-,27+;16-,19+/m00/s1. The Morgan fingerprint density at radius 1 is 0.672 bits per heavy atom. The molecule has 2 aliphatic rings. The van der Waals surface area contributed by atoms with Gasteiger partial charge in [0.2, 0.25) is 0 Å². The lowest BCUT2D eigenvalue weighted by atomic mass is 9.82. The van der Waals surface area contributed by atoms with Gasteiger partial charge in [0.15, 0.2) is 5.78 Å². The summed E-state index contributed by atoms with van der Waals surface area (Å²) < 4.78 is 0. The van der Waals surface area contributed by atoms with Gasteiger partial charge in [-0.1, -0.05) is 89.3 Å². The smallest absolute Gasteiger partial charge is 0.271 e. The molecule has 294 valence electrons. The molecular weight excluding hydrogens is 773 g/mol. The summed E-state index contributed by atoms with van der Waals surface area (Å²) in [6.45, 7) is 0. The third-order valence-electron chi connectivity index (χ3n) is 9.75. The zero-order valence-corrected chi connectivity index (χ0v) is 33.0. The van der Waals surface area contributed by atoms with Gasteiger partial charge in [0.25, 0.3) is 11.8 Å². The Kier molecular flexibility index (Phi) is 14.0. The molecule has 2 aromatic heterocycles. The first-order chi connectivity index (χ1) is 28.0. The van der Waals surface area contributed by atoms with Crippen LogP contribution in [0.5, 0.6) is 0 Å². The number of carbonyl (C=O) groups excluding carboxylic acids is 3. The van der Waals surface area contributed by atoms with Crippen LogP contribution in [-0.4, -0.2) is 66.0 Å². The average molecular weight is 815 g/mol. The lowest BCUT2D eigenvalue weighted by Gasteiger charge is -2.33. The first-order valence-corrected chi connectivity index (χ1v) is 19.7. The molecule has 0 radical (unpaired) electrons. The fourth-order valence-corrected chi connectivity index (χ4v) is 7.31. The van der Waals surface area contributed by atoms with E-state index in [1.165, 1.54) is 24.8 Å². The maximum absolute atomic E-state index is 13.0. The fraction of sp³-hybridized carbons (Fsp3) is 0.261. The summed E-state index contributed by atoms with van der Waals surface area (Å²) in [7, 11) is 0. The Balaban J connectivity index is 0.000000203. The van der Waals surface area contributed by atoms with E-state index >= 15 is 0 Å². The van der Waals surface area contributed by atoms with Gasteiger partial charge in [-0.15, -0.1) is 0 Å². The summed E-state index contributed by atoms with van der Waals surface area (Å²) in [5.74, 6) is 10.9. The number of hydrogen-bond acceptors (Lipinski definition) is 8. The van der Waals surface area contributed by atoms with Crippen molar-refractivity contribution in [3.05, 3.63) is 159 Å². The molecule has 5 aromatic rings. The minimum atomic E-state index is -1.22. The van der Waals surface area contributed by atoms with Gasteiger partial charge in [-0.05, 0) is 87.1 Å². The second-order valence-electron chi connectivity index (χ2n) is 14.3. The molecule has 58 heavy (non-hydrogen) atoms. The van der Waals surface area contributed by atoms with Gasteiger partial charge >= 0.3 is 0 Å². The van der Waals surface area contributed by atoms with Gasteiger partial charge in [-0.2, -0.15) is 0 Å². The van der Waals surface area contributed by atoms with Crippen molar-refractivity contribution in [3.8, 4) is 23.7 Å². The summed E-state index contributed by atoms with van der Waals surface area (Å²) >= 11 is 12.0. The average Bonchev–Trinajstić information content (AvgIpc) is 3.23. The number of halogens is 2. The molecule has 0 spiro atoms. The Labute approximate surface area is 347 Å². The molecule has 10 nitrogen and oxygen atoms in total. The van der Waals surface area contributed by atoms with E-state index in [1.807, 2.05) is 30.3 Å². The highest BCUT2D eigenvalue weighted by atomic mass is 35.5. The maximum Gasteiger partial charge on any atom is 0.271 e. The summed E-state index contributed by atoms with van der Waals surface area (Å²) in [5.41, 5.74) is 0.209. The van der Waals surface area contributed by atoms with Crippen LogP contribution in [-0.2, 0) is 0 Å². The lowest BCUT2D eigenvalue weighted by Crippen LogP contribution is -2.45. The van der Waals surface area contributed by atoms with E-state index in [1.54, 1.807) is 60.7 Å². The zero-order valence-electron chi connectivity index (χ0n) is 31.5. The van der Waals surface area contributed by atoms with Crippen molar-refractivity contribution < 1.29 is 24.6 Å². The summed E-state index contributed by atoms with van der Waals surface area (Å²) in [5, 5.41) is 28.8. The highest BCUT2D eigenvalue weighted by Crippen LogP contribution is 2.30. The number of ketones is 1. The van der Waals surface area contributed by atoms with Crippen LogP contribution in [0.1, 0.15) is 99.4 Å². The van der Waals surface area contributed by atoms with Gasteiger partial charge in [-0.25, -0.2) is 4.98 Å². The predicted molar refractivity (Wildman–Crippen MR) is 222 cm³/mol. The molecule has 3 aromatic carbocycles. The van der Waals surface area contributed by atoms with Gasteiger partial charge in [0, 0.05) is 70.3 Å². The molecule has 4 atom stereocenters. The van der Waals surface area contributed by atoms with E-state index in [9.17, 15) is 24.6 Å². The summed E-state index contributed by atoms with van der Waals surface area (Å²) in [6.07, 6.45) is 10.7. The number of pyridine rings is 1. The molecule has 2 heterocycles. The number of carbonyl (C=O) groups is 3. The number of nitrogens with one attached hydrogen (secondary N) is 2. The van der Waals surface area contributed by atoms with Crippen molar-refractivity contribution in [2.45, 2.75) is 74.7 Å². The summed E-state index contributed by atoms with van der Waals surface area (Å²) in [4.78, 5) is 50.2. The van der Waals surface area contributed by atoms with E-state index in [-0.39, 0.29) is 40.7 Å². The van der Waals surface area contributed by atoms with E-state index < -0.39 is 17.1 Å². The molecule has 0 bridgehead atoms. The molecule has 2 saturated carbocycles. The predicted octanol–water partition coefficient (Wildman–Crippen LogP) is 7.01. The van der Waals surface area contributed by atoms with Crippen LogP contribution in [0.3, 0.4) is 0 Å². The van der Waals surface area contributed by atoms with Gasteiger partial charge in [0.1, 0.15) is 22.6 Å². The van der Waals surface area contributed by atoms with Gasteiger partial charge in [0.05, 0.1) is 11.8 Å². The molecule has 2 amide bonds. The summed E-state index contributed by atoms with van der Waals surface area (Å²) in [6, 6.07) is 25.9. The maximum atomic E-state index is 13.0. The van der Waals surface area contributed by atoms with Crippen LogP contribution in [0.2, 0.25) is 10.0 Å². The van der Waals surface area contributed by atoms with Crippen LogP contribution < -0.4 is 10.6 Å². The molecule has 0 unspecified atom stereocenters. The van der Waals surface area contributed by atoms with E-state index in [0.29, 0.717) is 54.1 Å². The van der Waals surface area contributed by atoms with E-state index in [4.69, 9.17) is 23.2 Å². The lowest BCUT2D eigenvalue weighted by molar-refractivity contribution is 0.0442. The quantitative estimate of drug-likeness (QED) is 0.106. The van der Waals surface area contributed by atoms with E-state index in [0.717, 1.165) is 24.0 Å². The number of hydrogen-bond donors (Lipinski definition) is 4.